The second kappa shape index (κ2) is 35.7. The standard InChI is InChI=1S/C24H23N5O5.C24H23N5O4.C23H21N5O4.C21H15N5O4/c1-33-19-3-2-17-14-29(21(30)20(17)11-19)15-24(22(31)26-23(32)27-24)5-4-16-10-18(13-25-12-16)28-6-8-34-9-7-28;1-33-19-5-4-17-14-29(21(30)20(17)11-19)15-24(22(31)26-23(32)27-24)7-6-16-10-18(13-25-12-16)28-8-2-3-9-28;1-32-17-3-2-15-12-28(19(29)18(15)9-17)13-23(20(30)26-21(31)27-23)5-4-14-8-16(11-25-10-14)22(24)6-7-22;1-30-16-3-2-15-11-26(18(27)17(15)7-16)12-21(19(28)24-20(29)25-21)5-4-13-6-14(8-22)10-23-9-13/h2-3,10-13H,6-9,14-15H2,1H3,(H2,26,27,31,32);4-5,10-13H,2-3,8-9,14-15H2,1H3,(H2,26,27,31,32);2-3,8-11H,6-7,12-13,24H2,1H3,(H2,26,27,30,31);2-3,6-7,9-10H,11-12H2,1H3,(H2,24,25,28,29)/t2*24-;23-;21-/m1111/s1. The molecule has 10 N–H and O–H groups in total. The van der Waals surface area contributed by atoms with Crippen LogP contribution >= 0.6 is 0 Å². The van der Waals surface area contributed by atoms with Crippen LogP contribution in [-0.2, 0) is 55.6 Å². The summed E-state index contributed by atoms with van der Waals surface area (Å²) >= 11 is 0. The summed E-state index contributed by atoms with van der Waals surface area (Å²) in [5.74, 6) is 22.1. The number of nitrogens with one attached hydrogen (secondary N) is 8. The molecular weight excluding hydrogens is 1660 g/mol. The Morgan fingerprint density at radius 2 is 0.674 bits per heavy atom. The number of ether oxygens (including phenoxy) is 5. The average Bonchev–Trinajstić information content (AvgIpc) is 1.67. The van der Waals surface area contributed by atoms with Crippen LogP contribution in [0.2, 0.25) is 0 Å². The first-order valence-corrected chi connectivity index (χ1v) is 40.8. The number of urea groups is 4. The topological polar surface area (TPSA) is 468 Å². The van der Waals surface area contributed by atoms with Crippen LogP contribution in [0.4, 0.5) is 30.6 Å². The van der Waals surface area contributed by atoms with Crippen molar-refractivity contribution in [2.75, 3.05) is 104 Å². The van der Waals surface area contributed by atoms with E-state index in [1.54, 1.807) is 91.8 Å². The molecule has 37 heteroatoms. The zero-order valence-corrected chi connectivity index (χ0v) is 70.0. The third-order valence-electron chi connectivity index (χ3n) is 23.2. The summed E-state index contributed by atoms with van der Waals surface area (Å²) in [6, 6.07) is 27.5. The normalized spacial score (nSPS) is 21.2. The summed E-state index contributed by atoms with van der Waals surface area (Å²) in [4.78, 5) is 178. The van der Waals surface area contributed by atoms with Gasteiger partial charge in [-0.25, -0.2) is 19.2 Å². The predicted octanol–water partition coefficient (Wildman–Crippen LogP) is 2.96. The smallest absolute Gasteiger partial charge is 0.323 e. The number of methoxy groups -OCH3 is 4. The van der Waals surface area contributed by atoms with E-state index in [0.29, 0.717) is 106 Å². The van der Waals surface area contributed by atoms with E-state index in [2.05, 4.69) is 120 Å². The molecule has 37 nitrogen and oxygen atoms in total. The number of morpholine rings is 1. The van der Waals surface area contributed by atoms with Gasteiger partial charge < -0.3 is 80.1 Å². The first-order chi connectivity index (χ1) is 62.2. The number of imide groups is 4. The molecule has 14 heterocycles. The van der Waals surface area contributed by atoms with Gasteiger partial charge in [0, 0.05) is 140 Å². The molecule has 8 aromatic rings. The predicted molar refractivity (Wildman–Crippen MR) is 457 cm³/mol. The Hall–Kier alpha value is -16.4. The molecule has 11 aliphatic rings. The number of aromatic nitrogens is 4. The van der Waals surface area contributed by atoms with Crippen LogP contribution in [0, 0.1) is 58.7 Å². The number of nitrogens with two attached hydrogens (primary N) is 1. The second-order valence-corrected chi connectivity index (χ2v) is 31.8. The highest BCUT2D eigenvalue weighted by atomic mass is 16.5. The molecule has 0 radical (unpaired) electrons. The fourth-order valence-electron chi connectivity index (χ4n) is 16.1. The molecule has 652 valence electrons. The minimum absolute atomic E-state index is 0.0767. The second-order valence-electron chi connectivity index (χ2n) is 31.8. The van der Waals surface area contributed by atoms with E-state index < -0.39 is 69.9 Å². The van der Waals surface area contributed by atoms with Gasteiger partial charge in [0.25, 0.3) is 47.3 Å². The lowest BCUT2D eigenvalue weighted by molar-refractivity contribution is -0.123. The fraction of sp³-hybridized carbons (Fsp3) is 0.293. The molecule has 129 heavy (non-hydrogen) atoms. The number of hydrogen-bond donors (Lipinski definition) is 9. The Labute approximate surface area is 737 Å². The van der Waals surface area contributed by atoms with Gasteiger partial charge in [-0.2, -0.15) is 5.26 Å². The number of benzene rings is 4. The van der Waals surface area contributed by atoms with Crippen molar-refractivity contribution in [1.82, 2.24) is 82.1 Å². The van der Waals surface area contributed by atoms with Gasteiger partial charge in [-0.1, -0.05) is 71.6 Å². The molecule has 4 aromatic heterocycles. The molecule has 16 amide bonds. The van der Waals surface area contributed by atoms with Crippen molar-refractivity contribution in [3.63, 3.8) is 0 Å². The summed E-state index contributed by atoms with van der Waals surface area (Å²) < 4.78 is 26.2. The minimum atomic E-state index is -1.62. The fourth-order valence-corrected chi connectivity index (χ4v) is 16.1. The molecule has 4 atom stereocenters. The maximum Gasteiger partial charge on any atom is 0.323 e. The molecule has 7 fully saturated rings. The number of nitrogens with zero attached hydrogens (tertiary/aromatic N) is 11. The van der Waals surface area contributed by atoms with Gasteiger partial charge in [0.05, 0.1) is 97.2 Å². The zero-order valence-electron chi connectivity index (χ0n) is 70.0. The third-order valence-corrected chi connectivity index (χ3v) is 23.2. The van der Waals surface area contributed by atoms with E-state index in [4.69, 9.17) is 34.7 Å². The van der Waals surface area contributed by atoms with Crippen molar-refractivity contribution in [2.45, 2.75) is 79.6 Å². The Morgan fingerprint density at radius 1 is 0.380 bits per heavy atom. The van der Waals surface area contributed by atoms with Gasteiger partial charge in [0.1, 0.15) is 29.1 Å². The van der Waals surface area contributed by atoms with Gasteiger partial charge >= 0.3 is 24.1 Å². The van der Waals surface area contributed by atoms with Gasteiger partial charge in [0.2, 0.25) is 22.2 Å². The minimum Gasteiger partial charge on any atom is -0.497 e. The first kappa shape index (κ1) is 86.1. The molecule has 1 saturated carbocycles. The highest BCUT2D eigenvalue weighted by Gasteiger charge is 2.53. The van der Waals surface area contributed by atoms with Crippen molar-refractivity contribution in [2.24, 2.45) is 5.73 Å². The molecule has 0 unspecified atom stereocenters. The summed E-state index contributed by atoms with van der Waals surface area (Å²) in [5.41, 5.74) is 10.1. The number of rotatable bonds is 15. The van der Waals surface area contributed by atoms with Crippen LogP contribution in [0.25, 0.3) is 0 Å². The third kappa shape index (κ3) is 18.2. The maximum absolute atomic E-state index is 13.0. The number of hydrogen-bond acceptors (Lipinski definition) is 25. The largest absolute Gasteiger partial charge is 0.497 e. The van der Waals surface area contributed by atoms with E-state index in [1.165, 1.54) is 66.5 Å². The molecule has 10 aliphatic heterocycles. The maximum atomic E-state index is 13.0. The highest BCUT2D eigenvalue weighted by Crippen LogP contribution is 2.43. The molecule has 1 aliphatic carbocycles. The molecule has 4 aromatic carbocycles. The average molecular weight is 1740 g/mol. The number of anilines is 2. The Kier molecular flexibility index (Phi) is 23.8. The van der Waals surface area contributed by atoms with Crippen molar-refractivity contribution in [3.8, 4) is 76.4 Å². The van der Waals surface area contributed by atoms with Crippen LogP contribution < -0.4 is 77.0 Å². The molecule has 0 bridgehead atoms. The van der Waals surface area contributed by atoms with Crippen molar-refractivity contribution >= 4 is 82.8 Å². The Bertz CT molecular complexity index is 6370. The molecule has 6 saturated heterocycles. The number of carbonyl (C=O) groups is 12. The van der Waals surface area contributed by atoms with Gasteiger partial charge in [-0.15, -0.1) is 0 Å². The van der Waals surface area contributed by atoms with Crippen LogP contribution in [0.3, 0.4) is 0 Å². The Morgan fingerprint density at radius 3 is 0.977 bits per heavy atom. The van der Waals surface area contributed by atoms with Crippen molar-refractivity contribution in [1.29, 1.82) is 5.26 Å². The van der Waals surface area contributed by atoms with E-state index >= 15 is 0 Å². The lowest BCUT2D eigenvalue weighted by atomic mass is 9.98. The van der Waals surface area contributed by atoms with E-state index in [1.807, 2.05) is 42.5 Å². The number of nitriles is 1. The summed E-state index contributed by atoms with van der Waals surface area (Å²) in [6.45, 7) is 5.53. The lowest BCUT2D eigenvalue weighted by Crippen LogP contribution is -2.54. The first-order valence-electron chi connectivity index (χ1n) is 40.8. The molecule has 19 rings (SSSR count). The quantitative estimate of drug-likeness (QED) is 0.0526. The van der Waals surface area contributed by atoms with Gasteiger partial charge in [-0.3, -0.25) is 79.6 Å². The number of carbonyl (C=O) groups excluding carboxylic acids is 12. The van der Waals surface area contributed by atoms with Crippen LogP contribution in [-0.4, -0.2) is 227 Å². The van der Waals surface area contributed by atoms with Crippen LogP contribution in [0.1, 0.15) is 123 Å². The van der Waals surface area contributed by atoms with Crippen molar-refractivity contribution in [3.05, 3.63) is 225 Å². The van der Waals surface area contributed by atoms with Crippen LogP contribution in [0.5, 0.6) is 23.0 Å². The summed E-state index contributed by atoms with van der Waals surface area (Å²) in [5, 5.41) is 28.3. The Balaban J connectivity index is 0.000000126. The van der Waals surface area contributed by atoms with E-state index in [0.717, 1.165) is 91.1 Å². The van der Waals surface area contributed by atoms with Gasteiger partial charge in [0.15, 0.2) is 0 Å². The summed E-state index contributed by atoms with van der Waals surface area (Å²) in [6.07, 6.45) is 17.0. The number of pyridine rings is 4. The van der Waals surface area contributed by atoms with Gasteiger partial charge in [-0.05, 0) is 126 Å². The SMILES string of the molecule is COc1ccc2c(c1)C(=O)N(C[C@@]1(C#Cc3cncc(C#N)c3)NC(=O)NC1=O)C2.COc1ccc2c(c1)C(=O)N(C[C@@]1(C#Cc3cncc(C4(N)CC4)c3)NC(=O)NC1=O)C2.COc1ccc2c(c1)C(=O)N(C[C@@]1(C#Cc3cncc(N4CCCC4)c3)NC(=O)NC1=O)C2.COc1ccc2c(c1)C(=O)N(C[C@@]1(C#Cc3cncc(N4CCOCC4)c3)NC(=O)NC1=O)C2. The van der Waals surface area contributed by atoms with Crippen molar-refractivity contribution < 1.29 is 81.2 Å². The summed E-state index contributed by atoms with van der Waals surface area (Å²) in [7, 11) is 6.11. The van der Waals surface area contributed by atoms with E-state index in [9.17, 15) is 57.5 Å². The lowest BCUT2D eigenvalue weighted by Gasteiger charge is -2.28. The number of amides is 16. The van der Waals surface area contributed by atoms with E-state index in [-0.39, 0.29) is 61.9 Å². The molecule has 0 spiro atoms. The molecular formula is C92H82N20O17. The zero-order chi connectivity index (χ0) is 90.5. The number of fused-ring (bicyclic) bond motifs is 4. The monoisotopic (exact) mass is 1740 g/mol. The van der Waals surface area contributed by atoms with Crippen LogP contribution in [0.15, 0.2) is 147 Å². The highest BCUT2D eigenvalue weighted by molar-refractivity contribution is 6.13.